The number of hydrogen-bond donors (Lipinski definition) is 1. The molecule has 1 N–H and O–H groups in total. The lowest BCUT2D eigenvalue weighted by Crippen LogP contribution is -2.46. The SMILES string of the molecule is CCOC(=O)C(=O)NCC1(Sc2ccccc2)CCOCC1. The predicted molar refractivity (Wildman–Crippen MR) is 84.7 cm³/mol. The number of ether oxygens (including phenoxy) is 2. The van der Waals surface area contributed by atoms with Crippen molar-refractivity contribution in [3.63, 3.8) is 0 Å². The first-order valence-corrected chi connectivity index (χ1v) is 8.24. The van der Waals surface area contributed by atoms with Crippen molar-refractivity contribution in [2.45, 2.75) is 29.4 Å². The van der Waals surface area contributed by atoms with E-state index in [1.807, 2.05) is 18.2 Å². The quantitative estimate of drug-likeness (QED) is 0.663. The number of esters is 1. The molecule has 2 rings (SSSR count). The number of nitrogens with one attached hydrogen (secondary N) is 1. The summed E-state index contributed by atoms with van der Waals surface area (Å²) in [5.41, 5.74) is 0. The van der Waals surface area contributed by atoms with E-state index in [2.05, 4.69) is 17.4 Å². The molecule has 0 aromatic heterocycles. The summed E-state index contributed by atoms with van der Waals surface area (Å²) in [6.07, 6.45) is 1.66. The van der Waals surface area contributed by atoms with Crippen molar-refractivity contribution in [1.29, 1.82) is 0 Å². The fraction of sp³-hybridized carbons (Fsp3) is 0.500. The van der Waals surface area contributed by atoms with Gasteiger partial charge in [0.05, 0.1) is 6.61 Å². The van der Waals surface area contributed by atoms with Crippen LogP contribution in [-0.4, -0.2) is 43.0 Å². The second-order valence-electron chi connectivity index (χ2n) is 5.11. The van der Waals surface area contributed by atoms with Crippen molar-refractivity contribution in [2.24, 2.45) is 0 Å². The van der Waals surface area contributed by atoms with Crippen molar-refractivity contribution in [1.82, 2.24) is 5.32 Å². The first-order chi connectivity index (χ1) is 10.7. The number of rotatable bonds is 5. The fourth-order valence-corrected chi connectivity index (χ4v) is 3.62. The number of hydrogen-bond acceptors (Lipinski definition) is 5. The second kappa shape index (κ2) is 8.19. The minimum atomic E-state index is -0.825. The maximum absolute atomic E-state index is 11.7. The molecule has 1 fully saturated rings. The summed E-state index contributed by atoms with van der Waals surface area (Å²) in [4.78, 5) is 24.3. The van der Waals surface area contributed by atoms with Crippen LogP contribution in [0.25, 0.3) is 0 Å². The molecule has 1 amide bonds. The van der Waals surface area contributed by atoms with Crippen LogP contribution in [0.4, 0.5) is 0 Å². The van der Waals surface area contributed by atoms with Crippen LogP contribution in [0.2, 0.25) is 0 Å². The van der Waals surface area contributed by atoms with Gasteiger partial charge in [0.1, 0.15) is 0 Å². The summed E-state index contributed by atoms with van der Waals surface area (Å²) in [5.74, 6) is -1.50. The molecule has 0 bridgehead atoms. The van der Waals surface area contributed by atoms with Gasteiger partial charge < -0.3 is 14.8 Å². The molecule has 0 unspecified atom stereocenters. The molecule has 22 heavy (non-hydrogen) atoms. The first-order valence-electron chi connectivity index (χ1n) is 7.42. The highest BCUT2D eigenvalue weighted by Crippen LogP contribution is 2.39. The van der Waals surface area contributed by atoms with Crippen molar-refractivity contribution in [2.75, 3.05) is 26.4 Å². The summed E-state index contributed by atoms with van der Waals surface area (Å²) in [6, 6.07) is 10.1. The van der Waals surface area contributed by atoms with E-state index in [0.717, 1.165) is 17.7 Å². The van der Waals surface area contributed by atoms with E-state index in [1.54, 1.807) is 18.7 Å². The molecular weight excluding hydrogens is 302 g/mol. The minimum absolute atomic E-state index is 0.151. The van der Waals surface area contributed by atoms with Gasteiger partial charge in [0.25, 0.3) is 0 Å². The first kappa shape index (κ1) is 16.8. The molecule has 5 nitrogen and oxygen atoms in total. The van der Waals surface area contributed by atoms with Crippen LogP contribution in [0, 0.1) is 0 Å². The third-order valence-corrected chi connectivity index (χ3v) is 5.01. The van der Waals surface area contributed by atoms with Gasteiger partial charge >= 0.3 is 11.9 Å². The van der Waals surface area contributed by atoms with Gasteiger partial charge in [0.2, 0.25) is 0 Å². The van der Waals surface area contributed by atoms with Crippen molar-refractivity contribution < 1.29 is 19.1 Å². The molecule has 6 heteroatoms. The number of carbonyl (C=O) groups is 2. The molecular formula is C16H21NO4S. The van der Waals surface area contributed by atoms with Gasteiger partial charge in [-0.1, -0.05) is 18.2 Å². The van der Waals surface area contributed by atoms with Crippen LogP contribution in [0.3, 0.4) is 0 Å². The smallest absolute Gasteiger partial charge is 0.396 e. The second-order valence-corrected chi connectivity index (χ2v) is 6.66. The van der Waals surface area contributed by atoms with E-state index in [1.165, 1.54) is 0 Å². The predicted octanol–water partition coefficient (Wildman–Crippen LogP) is 2.01. The summed E-state index contributed by atoms with van der Waals surface area (Å²) >= 11 is 1.73. The van der Waals surface area contributed by atoms with Crippen molar-refractivity contribution >= 4 is 23.6 Å². The monoisotopic (exact) mass is 323 g/mol. The van der Waals surface area contributed by atoms with Gasteiger partial charge in [-0.05, 0) is 31.9 Å². The van der Waals surface area contributed by atoms with E-state index < -0.39 is 11.9 Å². The van der Waals surface area contributed by atoms with Crippen LogP contribution < -0.4 is 5.32 Å². The maximum Gasteiger partial charge on any atom is 0.396 e. The highest BCUT2D eigenvalue weighted by Gasteiger charge is 2.35. The van der Waals surface area contributed by atoms with E-state index in [9.17, 15) is 9.59 Å². The summed E-state index contributed by atoms with van der Waals surface area (Å²) in [6.45, 7) is 3.62. The third-order valence-electron chi connectivity index (χ3n) is 3.51. The Labute approximate surface area is 134 Å². The topological polar surface area (TPSA) is 64.6 Å². The van der Waals surface area contributed by atoms with Crippen LogP contribution in [0.5, 0.6) is 0 Å². The molecule has 1 aromatic rings. The normalized spacial score (nSPS) is 16.8. The Hall–Kier alpha value is -1.53. The molecule has 1 heterocycles. The van der Waals surface area contributed by atoms with Gasteiger partial charge in [0, 0.05) is 29.4 Å². The van der Waals surface area contributed by atoms with Gasteiger partial charge in [-0.15, -0.1) is 11.8 Å². The van der Waals surface area contributed by atoms with Gasteiger partial charge in [-0.25, -0.2) is 4.79 Å². The Kier molecular flexibility index (Phi) is 6.27. The lowest BCUT2D eigenvalue weighted by molar-refractivity contribution is -0.154. The molecule has 1 aliphatic heterocycles. The molecule has 1 aliphatic rings. The highest BCUT2D eigenvalue weighted by molar-refractivity contribution is 8.00. The molecule has 0 spiro atoms. The Morgan fingerprint density at radius 1 is 1.27 bits per heavy atom. The number of amides is 1. The average Bonchev–Trinajstić information content (AvgIpc) is 2.55. The number of benzene rings is 1. The standard InChI is InChI=1S/C16H21NO4S/c1-2-21-15(19)14(18)17-12-16(8-10-20-11-9-16)22-13-6-4-3-5-7-13/h3-7H,2,8-12H2,1H3,(H,17,18). The Bertz CT molecular complexity index is 500. The van der Waals surface area contributed by atoms with Gasteiger partial charge in [-0.2, -0.15) is 0 Å². The Balaban J connectivity index is 2.00. The third kappa shape index (κ3) is 4.74. The fourth-order valence-electron chi connectivity index (χ4n) is 2.31. The van der Waals surface area contributed by atoms with Gasteiger partial charge in [-0.3, -0.25) is 4.79 Å². The average molecular weight is 323 g/mol. The minimum Gasteiger partial charge on any atom is -0.459 e. The largest absolute Gasteiger partial charge is 0.459 e. The van der Waals surface area contributed by atoms with E-state index >= 15 is 0 Å². The molecule has 0 radical (unpaired) electrons. The summed E-state index contributed by atoms with van der Waals surface area (Å²) in [7, 11) is 0. The molecule has 1 saturated heterocycles. The molecule has 0 aliphatic carbocycles. The van der Waals surface area contributed by atoms with E-state index in [-0.39, 0.29) is 11.4 Å². The highest BCUT2D eigenvalue weighted by atomic mass is 32.2. The molecule has 0 atom stereocenters. The summed E-state index contributed by atoms with van der Waals surface area (Å²) in [5, 5.41) is 2.71. The molecule has 1 aromatic carbocycles. The van der Waals surface area contributed by atoms with Gasteiger partial charge in [0.15, 0.2) is 0 Å². The van der Waals surface area contributed by atoms with Crippen LogP contribution in [0.1, 0.15) is 19.8 Å². The Morgan fingerprint density at radius 3 is 2.59 bits per heavy atom. The van der Waals surface area contributed by atoms with Crippen LogP contribution >= 0.6 is 11.8 Å². The van der Waals surface area contributed by atoms with Crippen molar-refractivity contribution in [3.05, 3.63) is 30.3 Å². The van der Waals surface area contributed by atoms with Crippen LogP contribution in [0.15, 0.2) is 35.2 Å². The van der Waals surface area contributed by atoms with E-state index in [0.29, 0.717) is 19.8 Å². The molecule has 0 saturated carbocycles. The molecule has 120 valence electrons. The zero-order valence-corrected chi connectivity index (χ0v) is 13.5. The maximum atomic E-state index is 11.7. The van der Waals surface area contributed by atoms with Crippen molar-refractivity contribution in [3.8, 4) is 0 Å². The Morgan fingerprint density at radius 2 is 1.95 bits per heavy atom. The lowest BCUT2D eigenvalue weighted by Gasteiger charge is -2.36. The number of thioether (sulfide) groups is 1. The van der Waals surface area contributed by atoms with E-state index in [4.69, 9.17) is 9.47 Å². The zero-order valence-electron chi connectivity index (χ0n) is 12.7. The zero-order chi connectivity index (χ0) is 15.8. The number of carbonyl (C=O) groups excluding carboxylic acids is 2. The summed E-state index contributed by atoms with van der Waals surface area (Å²) < 4.78 is 10.00. The lowest BCUT2D eigenvalue weighted by atomic mass is 9.99. The van der Waals surface area contributed by atoms with Crippen LogP contribution in [-0.2, 0) is 19.1 Å².